The summed E-state index contributed by atoms with van der Waals surface area (Å²) in [7, 11) is 2.01. The second-order valence-corrected chi connectivity index (χ2v) is 10.4. The number of nitrogens with zero attached hydrogens (tertiary/aromatic N) is 4. The van der Waals surface area contributed by atoms with Crippen LogP contribution < -0.4 is 10.9 Å². The Hall–Kier alpha value is -3.62. The number of carbonyl (C=O) groups excluding carboxylic acids is 1. The molecule has 2 aromatic carbocycles. The number of fused-ring (bicyclic) bond motifs is 1. The molecular formula is C29H31ClFN5O2. The summed E-state index contributed by atoms with van der Waals surface area (Å²) in [6.07, 6.45) is 1.51. The predicted octanol–water partition coefficient (Wildman–Crippen LogP) is 5.28. The molecule has 2 aromatic heterocycles. The van der Waals surface area contributed by atoms with Gasteiger partial charge in [0.25, 0.3) is 5.56 Å². The number of hydrogen-bond acceptors (Lipinski definition) is 5. The highest BCUT2D eigenvalue weighted by Gasteiger charge is 2.19. The van der Waals surface area contributed by atoms with Crippen molar-refractivity contribution in [2.24, 2.45) is 0 Å². The third kappa shape index (κ3) is 6.09. The van der Waals surface area contributed by atoms with Crippen LogP contribution in [0.25, 0.3) is 33.5 Å². The lowest BCUT2D eigenvalue weighted by molar-refractivity contribution is -0.122. The summed E-state index contributed by atoms with van der Waals surface area (Å²) in [6, 6.07) is 13.7. The Morgan fingerprint density at radius 1 is 1.11 bits per heavy atom. The largest absolute Gasteiger partial charge is 0.352 e. The molecular weight excluding hydrogens is 505 g/mol. The zero-order valence-electron chi connectivity index (χ0n) is 22.1. The van der Waals surface area contributed by atoms with Crippen LogP contribution in [0.15, 0.2) is 59.5 Å². The van der Waals surface area contributed by atoms with Crippen molar-refractivity contribution < 1.29 is 9.18 Å². The quantitative estimate of drug-likeness (QED) is 0.332. The molecule has 198 valence electrons. The number of carbonyl (C=O) groups is 1. The maximum absolute atomic E-state index is 14.9. The average molecular weight is 536 g/mol. The smallest absolute Gasteiger partial charge is 0.263 e. The molecule has 2 heterocycles. The number of pyridine rings is 1. The van der Waals surface area contributed by atoms with Crippen LogP contribution >= 0.6 is 11.6 Å². The monoisotopic (exact) mass is 535 g/mol. The molecule has 0 atom stereocenters. The number of benzene rings is 2. The van der Waals surface area contributed by atoms with Crippen molar-refractivity contribution in [1.82, 2.24) is 24.8 Å². The third-order valence-electron chi connectivity index (χ3n) is 6.30. The van der Waals surface area contributed by atoms with E-state index in [1.807, 2.05) is 20.9 Å². The van der Waals surface area contributed by atoms with Crippen molar-refractivity contribution in [3.63, 3.8) is 0 Å². The Kier molecular flexibility index (Phi) is 8.23. The second-order valence-electron chi connectivity index (χ2n) is 9.98. The van der Waals surface area contributed by atoms with Crippen molar-refractivity contribution in [1.29, 1.82) is 0 Å². The molecule has 1 amide bonds. The first-order valence-corrected chi connectivity index (χ1v) is 12.9. The van der Waals surface area contributed by atoms with E-state index in [-0.39, 0.29) is 35.4 Å². The Balaban J connectivity index is 1.86. The highest BCUT2D eigenvalue weighted by atomic mass is 35.5. The lowest BCUT2D eigenvalue weighted by Crippen LogP contribution is -2.37. The molecule has 0 unspecified atom stereocenters. The van der Waals surface area contributed by atoms with Crippen molar-refractivity contribution >= 4 is 28.5 Å². The second kappa shape index (κ2) is 11.4. The van der Waals surface area contributed by atoms with Gasteiger partial charge in [0.1, 0.15) is 18.2 Å². The molecule has 0 saturated carbocycles. The van der Waals surface area contributed by atoms with Gasteiger partial charge in [-0.15, -0.1) is 0 Å². The minimum Gasteiger partial charge on any atom is -0.352 e. The van der Waals surface area contributed by atoms with Gasteiger partial charge in [-0.25, -0.2) is 14.4 Å². The topological polar surface area (TPSA) is 80.1 Å². The van der Waals surface area contributed by atoms with Gasteiger partial charge in [0.05, 0.1) is 5.39 Å². The lowest BCUT2D eigenvalue weighted by atomic mass is 10.0. The molecule has 1 N–H and O–H groups in total. The van der Waals surface area contributed by atoms with Crippen LogP contribution in [0.2, 0.25) is 5.02 Å². The molecule has 0 radical (unpaired) electrons. The van der Waals surface area contributed by atoms with E-state index in [2.05, 4.69) is 34.0 Å². The van der Waals surface area contributed by atoms with Crippen LogP contribution in [0.3, 0.4) is 0 Å². The van der Waals surface area contributed by atoms with Gasteiger partial charge >= 0.3 is 0 Å². The minimum absolute atomic E-state index is 0.0977. The Bertz CT molecular complexity index is 1550. The van der Waals surface area contributed by atoms with Crippen LogP contribution in [-0.2, 0) is 17.9 Å². The summed E-state index contributed by atoms with van der Waals surface area (Å²) in [4.78, 5) is 37.6. The highest BCUT2D eigenvalue weighted by Crippen LogP contribution is 2.27. The summed E-state index contributed by atoms with van der Waals surface area (Å²) in [6.45, 7) is 8.28. The van der Waals surface area contributed by atoms with E-state index in [9.17, 15) is 14.0 Å². The van der Waals surface area contributed by atoms with Crippen LogP contribution in [0, 0.1) is 5.82 Å². The zero-order chi connectivity index (χ0) is 27.6. The molecule has 0 spiro atoms. The molecule has 0 bridgehead atoms. The first-order valence-electron chi connectivity index (χ1n) is 12.5. The number of aromatic nitrogens is 3. The molecule has 38 heavy (non-hydrogen) atoms. The van der Waals surface area contributed by atoms with Crippen LogP contribution in [0.5, 0.6) is 0 Å². The van der Waals surface area contributed by atoms with Gasteiger partial charge in [-0.05, 0) is 70.6 Å². The fraction of sp³-hybridized carbons (Fsp3) is 0.310. The van der Waals surface area contributed by atoms with Crippen molar-refractivity contribution in [2.45, 2.75) is 52.9 Å². The molecule has 7 nitrogen and oxygen atoms in total. The first-order chi connectivity index (χ1) is 18.0. The molecule has 0 aliphatic heterocycles. The summed E-state index contributed by atoms with van der Waals surface area (Å²) < 4.78 is 16.2. The minimum atomic E-state index is -0.450. The number of halogens is 2. The van der Waals surface area contributed by atoms with E-state index in [0.29, 0.717) is 34.3 Å². The molecule has 0 saturated heterocycles. The van der Waals surface area contributed by atoms with E-state index in [1.165, 1.54) is 16.8 Å². The first kappa shape index (κ1) is 27.4. The number of nitrogens with one attached hydrogen (secondary N) is 1. The van der Waals surface area contributed by atoms with E-state index in [1.54, 1.807) is 42.5 Å². The SMILES string of the molecule is CC(C)NC(=O)Cn1c(-c2cccc(Cl)c2)nc2ncc(-c3cc(CN(C)C(C)C)ccc3F)cc2c1=O. The van der Waals surface area contributed by atoms with Crippen LogP contribution in [0.4, 0.5) is 4.39 Å². The fourth-order valence-electron chi connectivity index (χ4n) is 4.12. The van der Waals surface area contributed by atoms with Crippen molar-refractivity contribution in [3.8, 4) is 22.5 Å². The van der Waals surface area contributed by atoms with Gasteiger partial charge in [0, 0.05) is 46.5 Å². The molecule has 4 rings (SSSR count). The van der Waals surface area contributed by atoms with Gasteiger partial charge in [-0.3, -0.25) is 19.1 Å². The standard InChI is InChI=1S/C29H31ClFN5O2/c1-17(2)33-26(37)16-36-28(20-7-6-8-22(30)12-20)34-27-24(29(36)38)13-21(14-32-27)23-11-19(9-10-25(23)31)15-35(5)18(3)4/h6-14,17-18H,15-16H2,1-5H3,(H,33,37). The molecule has 4 aromatic rings. The van der Waals surface area contributed by atoms with Crippen LogP contribution in [0.1, 0.15) is 33.3 Å². The Morgan fingerprint density at radius 3 is 2.55 bits per heavy atom. The van der Waals surface area contributed by atoms with Gasteiger partial charge in [-0.1, -0.05) is 29.8 Å². The summed E-state index contributed by atoms with van der Waals surface area (Å²) in [5.74, 6) is -0.472. The average Bonchev–Trinajstić information content (AvgIpc) is 2.86. The maximum atomic E-state index is 14.9. The number of hydrogen-bond donors (Lipinski definition) is 1. The van der Waals surface area contributed by atoms with Gasteiger partial charge in [0.2, 0.25) is 5.91 Å². The predicted molar refractivity (Wildman–Crippen MR) is 150 cm³/mol. The fourth-order valence-corrected chi connectivity index (χ4v) is 4.31. The van der Waals surface area contributed by atoms with Gasteiger partial charge < -0.3 is 5.32 Å². The van der Waals surface area contributed by atoms with E-state index in [0.717, 1.165) is 5.56 Å². The van der Waals surface area contributed by atoms with Crippen molar-refractivity contribution in [3.05, 3.63) is 81.5 Å². The summed E-state index contributed by atoms with van der Waals surface area (Å²) in [5, 5.41) is 3.47. The van der Waals surface area contributed by atoms with E-state index in [4.69, 9.17) is 11.6 Å². The highest BCUT2D eigenvalue weighted by molar-refractivity contribution is 6.30. The molecule has 0 aliphatic rings. The van der Waals surface area contributed by atoms with E-state index >= 15 is 0 Å². The lowest BCUT2D eigenvalue weighted by Gasteiger charge is -2.21. The molecule has 0 fully saturated rings. The molecule has 0 aliphatic carbocycles. The maximum Gasteiger partial charge on any atom is 0.263 e. The zero-order valence-corrected chi connectivity index (χ0v) is 22.9. The number of rotatable bonds is 8. The van der Waals surface area contributed by atoms with E-state index < -0.39 is 11.4 Å². The molecule has 9 heteroatoms. The van der Waals surface area contributed by atoms with Gasteiger partial charge in [0.15, 0.2) is 5.65 Å². The normalized spacial score (nSPS) is 11.6. The van der Waals surface area contributed by atoms with Crippen LogP contribution in [-0.4, -0.2) is 44.5 Å². The Morgan fingerprint density at radius 2 is 1.87 bits per heavy atom. The van der Waals surface area contributed by atoms with Crippen molar-refractivity contribution in [2.75, 3.05) is 7.05 Å². The number of amides is 1. The summed E-state index contributed by atoms with van der Waals surface area (Å²) in [5.41, 5.74) is 2.07. The third-order valence-corrected chi connectivity index (χ3v) is 6.53. The Labute approximate surface area is 226 Å². The summed E-state index contributed by atoms with van der Waals surface area (Å²) >= 11 is 6.20. The van der Waals surface area contributed by atoms with Gasteiger partial charge in [-0.2, -0.15) is 0 Å².